The molecule has 0 radical (unpaired) electrons. The van der Waals surface area contributed by atoms with Crippen molar-refractivity contribution >= 4 is 23.3 Å². The number of hydrogen-bond donors (Lipinski definition) is 2. The Balaban J connectivity index is 1.34. The summed E-state index contributed by atoms with van der Waals surface area (Å²) >= 11 is 6.08. The van der Waals surface area contributed by atoms with E-state index in [0.717, 1.165) is 29.7 Å². The van der Waals surface area contributed by atoms with Crippen LogP contribution in [-0.2, 0) is 16.0 Å². The van der Waals surface area contributed by atoms with E-state index >= 15 is 0 Å². The lowest BCUT2D eigenvalue weighted by atomic mass is 10.00. The van der Waals surface area contributed by atoms with Crippen molar-refractivity contribution in [3.8, 4) is 5.69 Å². The minimum absolute atomic E-state index is 0.0215. The molecule has 1 unspecified atom stereocenters. The summed E-state index contributed by atoms with van der Waals surface area (Å²) < 4.78 is 1.87. The maximum absolute atomic E-state index is 12.9. The number of aliphatic hydroxyl groups excluding tert-OH is 2. The van der Waals surface area contributed by atoms with E-state index in [2.05, 4.69) is 4.98 Å². The number of rotatable bonds is 8. The first kappa shape index (κ1) is 23.2. The fraction of sp³-hybridized carbons (Fsp3) is 0.320. The molecule has 4 rings (SSSR count). The summed E-state index contributed by atoms with van der Waals surface area (Å²) in [5.41, 5.74) is 2.74. The molecule has 3 atom stereocenters. The van der Waals surface area contributed by atoms with Gasteiger partial charge in [-0.25, -0.2) is 4.98 Å². The number of aliphatic hydroxyl groups is 2. The third-order valence-corrected chi connectivity index (χ3v) is 6.29. The van der Waals surface area contributed by atoms with E-state index in [0.29, 0.717) is 18.0 Å². The summed E-state index contributed by atoms with van der Waals surface area (Å²) in [6.07, 6.45) is 3.61. The van der Waals surface area contributed by atoms with Gasteiger partial charge in [0, 0.05) is 36.1 Å². The molecule has 0 saturated carbocycles. The predicted octanol–water partition coefficient (Wildman–Crippen LogP) is 3.11. The van der Waals surface area contributed by atoms with Crippen LogP contribution in [0.25, 0.3) is 5.69 Å². The van der Waals surface area contributed by atoms with Crippen molar-refractivity contribution in [3.63, 3.8) is 0 Å². The third kappa shape index (κ3) is 5.33. The lowest BCUT2D eigenvalue weighted by Gasteiger charge is -2.28. The van der Waals surface area contributed by atoms with Crippen molar-refractivity contribution < 1.29 is 19.8 Å². The highest BCUT2D eigenvalue weighted by molar-refractivity contribution is 6.30. The average Bonchev–Trinajstić information content (AvgIpc) is 3.54. The van der Waals surface area contributed by atoms with E-state index in [1.807, 2.05) is 47.2 Å². The number of halogens is 1. The Morgan fingerprint density at radius 1 is 1.12 bits per heavy atom. The molecule has 1 aliphatic rings. The van der Waals surface area contributed by atoms with Gasteiger partial charge in [0.15, 0.2) is 11.9 Å². The fourth-order valence-corrected chi connectivity index (χ4v) is 4.43. The smallest absolute Gasteiger partial charge is 0.255 e. The molecule has 172 valence electrons. The maximum atomic E-state index is 12.9. The average molecular weight is 468 g/mol. The Morgan fingerprint density at radius 2 is 1.91 bits per heavy atom. The molecule has 8 heteroatoms. The van der Waals surface area contributed by atoms with E-state index in [4.69, 9.17) is 11.6 Å². The highest BCUT2D eigenvalue weighted by Gasteiger charge is 2.38. The number of imidazole rings is 1. The van der Waals surface area contributed by atoms with Gasteiger partial charge in [0.05, 0.1) is 12.4 Å². The molecule has 1 amide bonds. The Kier molecular flexibility index (Phi) is 7.23. The normalized spacial score (nSPS) is 17.7. The molecule has 1 aliphatic heterocycles. The van der Waals surface area contributed by atoms with Crippen LogP contribution in [0, 0.1) is 0 Å². The monoisotopic (exact) mass is 467 g/mol. The summed E-state index contributed by atoms with van der Waals surface area (Å²) in [5.74, 6) is -1.20. The molecule has 3 aromatic rings. The second-order valence-electron chi connectivity index (χ2n) is 8.24. The predicted molar refractivity (Wildman–Crippen MR) is 124 cm³/mol. The number of aromatic nitrogens is 2. The Bertz CT molecular complexity index is 1100. The third-order valence-electron chi connectivity index (χ3n) is 6.05. The Labute approximate surface area is 197 Å². The van der Waals surface area contributed by atoms with E-state index in [1.54, 1.807) is 24.7 Å². The molecule has 1 fully saturated rings. The molecular weight excluding hydrogens is 442 g/mol. The van der Waals surface area contributed by atoms with Crippen molar-refractivity contribution in [1.82, 2.24) is 14.5 Å². The topological polar surface area (TPSA) is 95.7 Å². The Hall–Kier alpha value is -3.00. The van der Waals surface area contributed by atoms with Crippen molar-refractivity contribution in [2.24, 2.45) is 0 Å². The van der Waals surface area contributed by atoms with Gasteiger partial charge >= 0.3 is 0 Å². The molecule has 7 nitrogen and oxygen atoms in total. The summed E-state index contributed by atoms with van der Waals surface area (Å²) in [5, 5.41) is 21.4. The van der Waals surface area contributed by atoms with E-state index in [-0.39, 0.29) is 12.5 Å². The van der Waals surface area contributed by atoms with Crippen LogP contribution in [0.1, 0.15) is 36.4 Å². The molecule has 1 saturated heterocycles. The largest absolute Gasteiger partial charge is 0.382 e. The van der Waals surface area contributed by atoms with Crippen molar-refractivity contribution in [1.29, 1.82) is 0 Å². The van der Waals surface area contributed by atoms with Crippen LogP contribution >= 0.6 is 11.6 Å². The van der Waals surface area contributed by atoms with Gasteiger partial charge in [0.1, 0.15) is 6.10 Å². The van der Waals surface area contributed by atoms with Gasteiger partial charge in [-0.2, -0.15) is 0 Å². The number of carbonyl (C=O) groups excluding carboxylic acids is 2. The zero-order chi connectivity index (χ0) is 23.4. The second-order valence-corrected chi connectivity index (χ2v) is 8.67. The van der Waals surface area contributed by atoms with Gasteiger partial charge in [0.2, 0.25) is 0 Å². The molecule has 33 heavy (non-hydrogen) atoms. The van der Waals surface area contributed by atoms with Gasteiger partial charge in [-0.15, -0.1) is 0 Å². The number of nitrogens with zero attached hydrogens (tertiary/aromatic N) is 3. The first-order valence-electron chi connectivity index (χ1n) is 11.0. The molecular formula is C25H26ClN3O4. The van der Waals surface area contributed by atoms with Crippen LogP contribution in [0.15, 0.2) is 67.3 Å². The van der Waals surface area contributed by atoms with E-state index in [1.165, 1.54) is 4.90 Å². The molecule has 1 aromatic heterocycles. The zero-order valence-electron chi connectivity index (χ0n) is 18.0. The number of carbonyl (C=O) groups is 2. The quantitative estimate of drug-likeness (QED) is 0.530. The number of aryl methyl sites for hydroxylation is 1. The second kappa shape index (κ2) is 10.3. The first-order chi connectivity index (χ1) is 15.9. The summed E-state index contributed by atoms with van der Waals surface area (Å²) in [4.78, 5) is 31.0. The molecule has 2 aromatic carbocycles. The van der Waals surface area contributed by atoms with Gasteiger partial charge in [-0.1, -0.05) is 35.9 Å². The summed E-state index contributed by atoms with van der Waals surface area (Å²) in [6.45, 7) is 0.456. The lowest BCUT2D eigenvalue weighted by Crippen LogP contribution is -2.47. The molecule has 0 aliphatic carbocycles. The minimum Gasteiger partial charge on any atom is -0.382 e. The standard InChI is InChI=1S/C25H26ClN3O4/c26-19-4-1-3-18(15-19)21-5-2-13-29(21)25(33)24(32)23(31)22(30)11-8-17-6-9-20(10-7-17)28-14-12-27-16-28/h1,3-4,6-7,9-10,12,14-16,21,23-24,31-32H,2,5,8,11,13H2/t21?,23-,24+/m0/s1. The van der Waals surface area contributed by atoms with Crippen LogP contribution in [0.4, 0.5) is 0 Å². The van der Waals surface area contributed by atoms with Crippen LogP contribution in [0.2, 0.25) is 5.02 Å². The van der Waals surface area contributed by atoms with E-state index < -0.39 is 23.9 Å². The summed E-state index contributed by atoms with van der Waals surface area (Å²) in [6, 6.07) is 14.6. The maximum Gasteiger partial charge on any atom is 0.255 e. The molecule has 0 spiro atoms. The number of hydrogen-bond acceptors (Lipinski definition) is 5. The highest BCUT2D eigenvalue weighted by Crippen LogP contribution is 2.33. The van der Waals surface area contributed by atoms with Crippen molar-refractivity contribution in [2.75, 3.05) is 6.54 Å². The molecule has 2 N–H and O–H groups in total. The van der Waals surface area contributed by atoms with Gasteiger partial charge in [0.25, 0.3) is 5.91 Å². The number of benzene rings is 2. The highest BCUT2D eigenvalue weighted by atomic mass is 35.5. The number of ketones is 1. The number of likely N-dealkylation sites (tertiary alicyclic amines) is 1. The van der Waals surface area contributed by atoms with Gasteiger partial charge in [-0.3, -0.25) is 9.59 Å². The van der Waals surface area contributed by atoms with Crippen LogP contribution in [-0.4, -0.2) is 55.1 Å². The van der Waals surface area contributed by atoms with Crippen LogP contribution in [0.5, 0.6) is 0 Å². The van der Waals surface area contributed by atoms with Crippen molar-refractivity contribution in [3.05, 3.63) is 83.4 Å². The van der Waals surface area contributed by atoms with Crippen molar-refractivity contribution in [2.45, 2.75) is 43.9 Å². The zero-order valence-corrected chi connectivity index (χ0v) is 18.8. The van der Waals surface area contributed by atoms with Gasteiger partial charge < -0.3 is 19.7 Å². The SMILES string of the molecule is O=C(CCc1ccc(-n2ccnc2)cc1)[C@H](O)[C@@H](O)C(=O)N1CCCC1c1cccc(Cl)c1. The number of amides is 1. The number of Topliss-reactive ketones (excluding diaryl/α,β-unsaturated/α-hetero) is 1. The van der Waals surface area contributed by atoms with Crippen LogP contribution < -0.4 is 0 Å². The summed E-state index contributed by atoms with van der Waals surface area (Å²) in [7, 11) is 0. The van der Waals surface area contributed by atoms with Gasteiger partial charge in [-0.05, 0) is 54.7 Å². The fourth-order valence-electron chi connectivity index (χ4n) is 4.23. The van der Waals surface area contributed by atoms with E-state index in [9.17, 15) is 19.8 Å². The minimum atomic E-state index is -1.79. The first-order valence-corrected chi connectivity index (χ1v) is 11.3. The lowest BCUT2D eigenvalue weighted by molar-refractivity contribution is -0.153. The molecule has 0 bridgehead atoms. The molecule has 2 heterocycles. The van der Waals surface area contributed by atoms with Crippen LogP contribution in [0.3, 0.4) is 0 Å². The Morgan fingerprint density at radius 3 is 2.61 bits per heavy atom.